The van der Waals surface area contributed by atoms with Gasteiger partial charge in [0.25, 0.3) is 0 Å². The van der Waals surface area contributed by atoms with Gasteiger partial charge in [0.1, 0.15) is 18.1 Å². The highest BCUT2D eigenvalue weighted by atomic mass is 35.5. The SMILES string of the molecule is CC(=O)OC[C@@H]1O[C@@H](Sc2ccc(Cl)cc2)[C@@H](OC(C)=O)[C@@H](OC(C)=O)[C@@H]1OC(C)=O. The molecule has 1 aromatic rings. The number of esters is 4. The fourth-order valence-corrected chi connectivity index (χ4v) is 4.16. The zero-order valence-corrected chi connectivity index (χ0v) is 18.9. The van der Waals surface area contributed by atoms with E-state index < -0.39 is 53.7 Å². The van der Waals surface area contributed by atoms with Crippen LogP contribution in [0.3, 0.4) is 0 Å². The van der Waals surface area contributed by atoms with Crippen molar-refractivity contribution in [2.45, 2.75) is 62.4 Å². The molecule has 170 valence electrons. The van der Waals surface area contributed by atoms with Crippen LogP contribution in [0.4, 0.5) is 0 Å². The molecule has 9 nitrogen and oxygen atoms in total. The van der Waals surface area contributed by atoms with E-state index in [0.29, 0.717) is 5.02 Å². The van der Waals surface area contributed by atoms with Crippen molar-refractivity contribution in [3.05, 3.63) is 29.3 Å². The average molecular weight is 475 g/mol. The highest BCUT2D eigenvalue weighted by Gasteiger charge is 2.52. The number of ether oxygens (including phenoxy) is 5. The maximum Gasteiger partial charge on any atom is 0.303 e. The van der Waals surface area contributed by atoms with Gasteiger partial charge >= 0.3 is 23.9 Å². The van der Waals surface area contributed by atoms with Crippen LogP contribution in [0.25, 0.3) is 0 Å². The Hall–Kier alpha value is -2.30. The number of hydrogen-bond acceptors (Lipinski definition) is 10. The summed E-state index contributed by atoms with van der Waals surface area (Å²) in [5.74, 6) is -2.57. The third kappa shape index (κ3) is 7.71. The second kappa shape index (κ2) is 11.4. The highest BCUT2D eigenvalue weighted by Crippen LogP contribution is 2.37. The predicted molar refractivity (Wildman–Crippen MR) is 109 cm³/mol. The minimum atomic E-state index is -1.19. The fourth-order valence-electron chi connectivity index (χ4n) is 2.93. The largest absolute Gasteiger partial charge is 0.463 e. The first-order valence-electron chi connectivity index (χ1n) is 9.29. The molecule has 0 radical (unpaired) electrons. The van der Waals surface area contributed by atoms with Crippen LogP contribution in [-0.4, -0.2) is 60.3 Å². The van der Waals surface area contributed by atoms with Crippen LogP contribution >= 0.6 is 23.4 Å². The molecule has 31 heavy (non-hydrogen) atoms. The predicted octanol–water partition coefficient (Wildman–Crippen LogP) is 2.52. The van der Waals surface area contributed by atoms with Crippen LogP contribution in [-0.2, 0) is 42.9 Å². The molecule has 0 unspecified atom stereocenters. The summed E-state index contributed by atoms with van der Waals surface area (Å²) in [5, 5.41) is 0.533. The van der Waals surface area contributed by atoms with Crippen LogP contribution in [0.2, 0.25) is 5.02 Å². The van der Waals surface area contributed by atoms with Crippen LogP contribution in [0, 0.1) is 0 Å². The smallest absolute Gasteiger partial charge is 0.303 e. The van der Waals surface area contributed by atoms with Crippen LogP contribution < -0.4 is 0 Å². The third-order valence-corrected chi connectivity index (χ3v) is 5.42. The molecule has 0 bridgehead atoms. The first-order valence-corrected chi connectivity index (χ1v) is 10.5. The van der Waals surface area contributed by atoms with Crippen molar-refractivity contribution in [1.82, 2.24) is 0 Å². The molecular weight excluding hydrogens is 452 g/mol. The van der Waals surface area contributed by atoms with Gasteiger partial charge in [0, 0.05) is 37.6 Å². The van der Waals surface area contributed by atoms with Gasteiger partial charge in [-0.05, 0) is 24.3 Å². The van der Waals surface area contributed by atoms with Gasteiger partial charge in [-0.25, -0.2) is 0 Å². The average Bonchev–Trinajstić information content (AvgIpc) is 2.65. The topological polar surface area (TPSA) is 114 Å². The summed E-state index contributed by atoms with van der Waals surface area (Å²) in [5.41, 5.74) is -0.873. The van der Waals surface area contributed by atoms with Gasteiger partial charge < -0.3 is 23.7 Å². The van der Waals surface area contributed by atoms with Gasteiger partial charge in [-0.1, -0.05) is 23.4 Å². The molecule has 11 heteroatoms. The van der Waals surface area contributed by atoms with Gasteiger partial charge in [-0.15, -0.1) is 0 Å². The zero-order valence-electron chi connectivity index (χ0n) is 17.4. The molecule has 1 fully saturated rings. The Labute approximate surface area is 188 Å². The summed E-state index contributed by atoms with van der Waals surface area (Å²) in [6.45, 7) is 4.49. The molecule has 5 atom stereocenters. The number of rotatable bonds is 7. The van der Waals surface area contributed by atoms with Crippen molar-refractivity contribution in [2.75, 3.05) is 6.61 Å². The zero-order chi connectivity index (χ0) is 23.1. The molecule has 1 aliphatic rings. The van der Waals surface area contributed by atoms with Crippen molar-refractivity contribution in [3.63, 3.8) is 0 Å². The molecular formula is C20H23ClO9S. The Balaban J connectivity index is 2.43. The Morgan fingerprint density at radius 3 is 1.87 bits per heavy atom. The standard InChI is InChI=1S/C20H23ClO9S/c1-10(22)26-9-16-17(27-11(2)23)18(28-12(3)24)19(29-13(4)25)20(30-16)31-15-7-5-14(21)6-8-15/h5-8,16-20H,9H2,1-4H3/t16-,17+,18-,19-,20-/m0/s1. The quantitative estimate of drug-likeness (QED) is 0.431. The van der Waals surface area contributed by atoms with E-state index in [9.17, 15) is 19.2 Å². The lowest BCUT2D eigenvalue weighted by Gasteiger charge is -2.44. The first kappa shape index (κ1) is 25.0. The molecule has 1 aliphatic heterocycles. The molecule has 0 spiro atoms. The van der Waals surface area contributed by atoms with Gasteiger partial charge in [-0.3, -0.25) is 19.2 Å². The van der Waals surface area contributed by atoms with Crippen LogP contribution in [0.1, 0.15) is 27.7 Å². The molecule has 0 saturated carbocycles. The van der Waals surface area contributed by atoms with Gasteiger partial charge in [0.2, 0.25) is 0 Å². The van der Waals surface area contributed by atoms with E-state index in [1.807, 2.05) is 0 Å². The van der Waals surface area contributed by atoms with Crippen molar-refractivity contribution in [1.29, 1.82) is 0 Å². The van der Waals surface area contributed by atoms with Crippen LogP contribution in [0.5, 0.6) is 0 Å². The number of carbonyl (C=O) groups is 4. The number of benzene rings is 1. The van der Waals surface area contributed by atoms with E-state index in [-0.39, 0.29) is 6.61 Å². The minimum absolute atomic E-state index is 0.268. The summed E-state index contributed by atoms with van der Waals surface area (Å²) in [6.07, 6.45) is -4.45. The number of halogens is 1. The lowest BCUT2D eigenvalue weighted by atomic mass is 9.99. The maximum atomic E-state index is 11.8. The van der Waals surface area contributed by atoms with Crippen molar-refractivity contribution in [3.8, 4) is 0 Å². The minimum Gasteiger partial charge on any atom is -0.463 e. The number of hydrogen-bond donors (Lipinski definition) is 0. The van der Waals surface area contributed by atoms with Crippen molar-refractivity contribution in [2.24, 2.45) is 0 Å². The van der Waals surface area contributed by atoms with E-state index in [1.165, 1.54) is 39.5 Å². The molecule has 0 N–H and O–H groups in total. The Morgan fingerprint density at radius 1 is 0.839 bits per heavy atom. The summed E-state index contributed by atoms with van der Waals surface area (Å²) in [6, 6.07) is 6.83. The number of thioether (sulfide) groups is 1. The second-order valence-corrected chi connectivity index (χ2v) is 8.25. The summed E-state index contributed by atoms with van der Waals surface area (Å²) >= 11 is 7.11. The summed E-state index contributed by atoms with van der Waals surface area (Å²) in [7, 11) is 0. The first-order chi connectivity index (χ1) is 14.6. The third-order valence-electron chi connectivity index (χ3n) is 4.01. The molecule has 0 amide bonds. The van der Waals surface area contributed by atoms with E-state index in [2.05, 4.69) is 0 Å². The van der Waals surface area contributed by atoms with Crippen molar-refractivity contribution >= 4 is 47.2 Å². The van der Waals surface area contributed by atoms with Gasteiger partial charge in [0.15, 0.2) is 18.3 Å². The van der Waals surface area contributed by atoms with Crippen LogP contribution in [0.15, 0.2) is 29.2 Å². The van der Waals surface area contributed by atoms with E-state index in [1.54, 1.807) is 24.3 Å². The van der Waals surface area contributed by atoms with Gasteiger partial charge in [-0.2, -0.15) is 0 Å². The molecule has 1 aromatic carbocycles. The summed E-state index contributed by atoms with van der Waals surface area (Å²) in [4.78, 5) is 47.4. The molecule has 1 heterocycles. The molecule has 0 aromatic heterocycles. The monoisotopic (exact) mass is 474 g/mol. The number of carbonyl (C=O) groups excluding carboxylic acids is 4. The fraction of sp³-hybridized carbons (Fsp3) is 0.500. The Kier molecular flexibility index (Phi) is 9.15. The normalized spacial score (nSPS) is 25.3. The Morgan fingerprint density at radius 2 is 1.35 bits per heavy atom. The maximum absolute atomic E-state index is 11.8. The molecule has 0 aliphatic carbocycles. The molecule has 1 saturated heterocycles. The lowest BCUT2D eigenvalue weighted by molar-refractivity contribution is -0.237. The van der Waals surface area contributed by atoms with Gasteiger partial charge in [0.05, 0.1) is 0 Å². The van der Waals surface area contributed by atoms with Crippen molar-refractivity contribution < 1.29 is 42.9 Å². The molecule has 2 rings (SSSR count). The second-order valence-electron chi connectivity index (χ2n) is 6.64. The lowest BCUT2D eigenvalue weighted by Crippen LogP contribution is -2.61. The Bertz CT molecular complexity index is 813. The summed E-state index contributed by atoms with van der Waals surface area (Å²) < 4.78 is 27.2. The van der Waals surface area contributed by atoms with E-state index in [0.717, 1.165) is 4.90 Å². The highest BCUT2D eigenvalue weighted by molar-refractivity contribution is 7.99. The van der Waals surface area contributed by atoms with E-state index in [4.69, 9.17) is 35.3 Å². The van der Waals surface area contributed by atoms with E-state index >= 15 is 0 Å².